The molecule has 0 radical (unpaired) electrons. The maximum atomic E-state index is 12.8. The number of rotatable bonds is 5. The van der Waals surface area contributed by atoms with Gasteiger partial charge in [0.25, 0.3) is 0 Å². The Hall–Kier alpha value is -0.920. The Morgan fingerprint density at radius 2 is 1.78 bits per heavy atom. The fraction of sp³-hybridized carbons (Fsp3) is 0.625. The molecule has 5 nitrogen and oxygen atoms in total. The lowest BCUT2D eigenvalue weighted by molar-refractivity contribution is 0.282. The van der Waals surface area contributed by atoms with E-state index in [1.165, 1.54) is 12.1 Å². The van der Waals surface area contributed by atoms with Gasteiger partial charge in [-0.2, -0.15) is 0 Å². The third kappa shape index (κ3) is 4.33. The molecule has 1 aliphatic carbocycles. The highest BCUT2D eigenvalue weighted by Crippen LogP contribution is 2.29. The molecule has 2 rings (SSSR count). The minimum atomic E-state index is -3.73. The fourth-order valence-corrected chi connectivity index (χ4v) is 5.55. The second-order valence-corrected chi connectivity index (χ2v) is 10.1. The summed E-state index contributed by atoms with van der Waals surface area (Å²) in [6, 6.07) is 4.18. The third-order valence-corrected chi connectivity index (χ3v) is 7.36. The molecule has 0 spiro atoms. The molecule has 0 aromatic heterocycles. The van der Waals surface area contributed by atoms with E-state index < -0.39 is 19.9 Å². The zero-order valence-electron chi connectivity index (χ0n) is 13.9. The van der Waals surface area contributed by atoms with Crippen LogP contribution in [0.3, 0.4) is 0 Å². The summed E-state index contributed by atoms with van der Waals surface area (Å²) in [5.74, 6) is 0.344. The third-order valence-electron chi connectivity index (χ3n) is 4.62. The average Bonchev–Trinajstić information content (AvgIpc) is 2.46. The van der Waals surface area contributed by atoms with E-state index in [-0.39, 0.29) is 15.8 Å². The highest BCUT2D eigenvalue weighted by Gasteiger charge is 2.29. The van der Waals surface area contributed by atoms with Crippen molar-refractivity contribution < 1.29 is 16.8 Å². The highest BCUT2D eigenvalue weighted by molar-refractivity contribution is 7.91. The van der Waals surface area contributed by atoms with Gasteiger partial charge in [0.05, 0.1) is 9.79 Å². The molecular formula is C16H25NO4S2. The largest absolute Gasteiger partial charge is 0.241 e. The summed E-state index contributed by atoms with van der Waals surface area (Å²) in [6.45, 7) is 3.76. The standard InChI is InChI=1S/C16H25NO4S2/c1-4-13-7-5-6-8-15(13)17-23(20,21)16-11-14(22(3,18)19)10-9-12(16)2/h9-11,13,15,17H,4-8H2,1-3H3. The molecule has 1 aromatic carbocycles. The van der Waals surface area contributed by atoms with Gasteiger partial charge in [-0.3, -0.25) is 0 Å². The maximum absolute atomic E-state index is 12.8. The van der Waals surface area contributed by atoms with Gasteiger partial charge in [-0.15, -0.1) is 0 Å². The Labute approximate surface area is 139 Å². The van der Waals surface area contributed by atoms with E-state index in [1.54, 1.807) is 13.0 Å². The smallest absolute Gasteiger partial charge is 0.224 e. The van der Waals surface area contributed by atoms with Crippen molar-refractivity contribution in [2.45, 2.75) is 61.8 Å². The van der Waals surface area contributed by atoms with Crippen LogP contribution in [0.4, 0.5) is 0 Å². The second kappa shape index (κ2) is 6.91. The normalized spacial score (nSPS) is 22.9. The summed E-state index contributed by atoms with van der Waals surface area (Å²) >= 11 is 0. The Morgan fingerprint density at radius 1 is 1.13 bits per heavy atom. The first kappa shape index (κ1) is 18.4. The molecule has 23 heavy (non-hydrogen) atoms. The van der Waals surface area contributed by atoms with Gasteiger partial charge in [0, 0.05) is 12.3 Å². The molecule has 0 bridgehead atoms. The Balaban J connectivity index is 2.36. The molecular weight excluding hydrogens is 334 g/mol. The van der Waals surface area contributed by atoms with Crippen molar-refractivity contribution in [2.75, 3.05) is 6.26 Å². The van der Waals surface area contributed by atoms with Crippen LogP contribution in [0, 0.1) is 12.8 Å². The van der Waals surface area contributed by atoms with Gasteiger partial charge < -0.3 is 0 Å². The fourth-order valence-electron chi connectivity index (χ4n) is 3.21. The predicted molar refractivity (Wildman–Crippen MR) is 90.6 cm³/mol. The van der Waals surface area contributed by atoms with E-state index in [1.807, 2.05) is 0 Å². The van der Waals surface area contributed by atoms with Crippen molar-refractivity contribution in [3.8, 4) is 0 Å². The van der Waals surface area contributed by atoms with Crippen LogP contribution in [0.5, 0.6) is 0 Å². The molecule has 2 atom stereocenters. The number of hydrogen-bond acceptors (Lipinski definition) is 4. The van der Waals surface area contributed by atoms with Gasteiger partial charge in [0.15, 0.2) is 9.84 Å². The Kier molecular flexibility index (Phi) is 5.53. The molecule has 1 aromatic rings. The van der Waals surface area contributed by atoms with Crippen LogP contribution >= 0.6 is 0 Å². The molecule has 0 amide bonds. The van der Waals surface area contributed by atoms with Gasteiger partial charge in [0.2, 0.25) is 10.0 Å². The van der Waals surface area contributed by atoms with Crippen molar-refractivity contribution in [1.82, 2.24) is 4.72 Å². The summed E-state index contributed by atoms with van der Waals surface area (Å²) in [4.78, 5) is 0.0833. The van der Waals surface area contributed by atoms with Crippen molar-refractivity contribution in [3.63, 3.8) is 0 Å². The average molecular weight is 360 g/mol. The van der Waals surface area contributed by atoms with Crippen molar-refractivity contribution >= 4 is 19.9 Å². The van der Waals surface area contributed by atoms with Crippen LogP contribution in [0.25, 0.3) is 0 Å². The molecule has 1 saturated carbocycles. The first-order chi connectivity index (χ1) is 10.6. The summed E-state index contributed by atoms with van der Waals surface area (Å²) < 4.78 is 51.7. The topological polar surface area (TPSA) is 80.3 Å². The van der Waals surface area contributed by atoms with Crippen LogP contribution in [0.1, 0.15) is 44.6 Å². The zero-order chi connectivity index (χ0) is 17.3. The highest BCUT2D eigenvalue weighted by atomic mass is 32.2. The lowest BCUT2D eigenvalue weighted by Crippen LogP contribution is -2.42. The lowest BCUT2D eigenvalue weighted by Gasteiger charge is -2.31. The molecule has 130 valence electrons. The Morgan fingerprint density at radius 3 is 2.39 bits per heavy atom. The second-order valence-electron chi connectivity index (χ2n) is 6.38. The SMILES string of the molecule is CCC1CCCCC1NS(=O)(=O)c1cc(S(C)(=O)=O)ccc1C. The minimum absolute atomic E-state index is 0.0270. The van der Waals surface area contributed by atoms with Crippen molar-refractivity contribution in [1.29, 1.82) is 0 Å². The van der Waals surface area contributed by atoms with E-state index in [0.29, 0.717) is 11.5 Å². The van der Waals surface area contributed by atoms with Crippen LogP contribution in [-0.2, 0) is 19.9 Å². The van der Waals surface area contributed by atoms with Gasteiger partial charge >= 0.3 is 0 Å². The molecule has 0 saturated heterocycles. The van der Waals surface area contributed by atoms with E-state index in [2.05, 4.69) is 11.6 Å². The monoisotopic (exact) mass is 359 g/mol. The molecule has 7 heteroatoms. The summed E-state index contributed by atoms with van der Waals surface area (Å²) in [6.07, 6.45) is 6.05. The zero-order valence-corrected chi connectivity index (χ0v) is 15.5. The van der Waals surface area contributed by atoms with Crippen molar-refractivity contribution in [2.24, 2.45) is 5.92 Å². The van der Waals surface area contributed by atoms with Crippen LogP contribution in [0.15, 0.2) is 28.0 Å². The van der Waals surface area contributed by atoms with Gasteiger partial charge in [0.1, 0.15) is 0 Å². The van der Waals surface area contributed by atoms with Crippen LogP contribution in [-0.4, -0.2) is 29.1 Å². The van der Waals surface area contributed by atoms with Crippen LogP contribution < -0.4 is 4.72 Å². The number of nitrogens with one attached hydrogen (secondary N) is 1. The van der Waals surface area contributed by atoms with Gasteiger partial charge in [-0.25, -0.2) is 21.6 Å². The summed E-state index contributed by atoms with van der Waals surface area (Å²) in [5.41, 5.74) is 0.550. The van der Waals surface area contributed by atoms with Gasteiger partial charge in [-0.1, -0.05) is 32.3 Å². The molecule has 1 aliphatic rings. The van der Waals surface area contributed by atoms with E-state index >= 15 is 0 Å². The predicted octanol–water partition coefficient (Wildman–Crippen LogP) is 2.65. The minimum Gasteiger partial charge on any atom is -0.224 e. The number of sulfonamides is 1. The number of aryl methyl sites for hydroxylation is 1. The molecule has 0 heterocycles. The van der Waals surface area contributed by atoms with Gasteiger partial charge in [-0.05, 0) is 43.4 Å². The first-order valence-electron chi connectivity index (χ1n) is 7.98. The van der Waals surface area contributed by atoms with E-state index in [0.717, 1.165) is 38.4 Å². The summed E-state index contributed by atoms with van der Waals surface area (Å²) in [5, 5.41) is 0. The molecule has 0 aliphatic heterocycles. The lowest BCUT2D eigenvalue weighted by atomic mass is 9.83. The van der Waals surface area contributed by atoms with Crippen LogP contribution in [0.2, 0.25) is 0 Å². The van der Waals surface area contributed by atoms with E-state index in [4.69, 9.17) is 0 Å². The molecule has 2 unspecified atom stereocenters. The first-order valence-corrected chi connectivity index (χ1v) is 11.4. The molecule has 1 N–H and O–H groups in total. The Bertz CT molecular complexity index is 769. The number of hydrogen-bond donors (Lipinski definition) is 1. The number of sulfone groups is 1. The van der Waals surface area contributed by atoms with E-state index in [9.17, 15) is 16.8 Å². The quantitative estimate of drug-likeness (QED) is 0.876. The summed E-state index contributed by atoms with van der Waals surface area (Å²) in [7, 11) is -7.17. The maximum Gasteiger partial charge on any atom is 0.241 e. The molecule has 1 fully saturated rings. The number of benzene rings is 1. The van der Waals surface area contributed by atoms with Crippen molar-refractivity contribution in [3.05, 3.63) is 23.8 Å².